The van der Waals surface area contributed by atoms with Gasteiger partial charge in [-0.15, -0.1) is 0 Å². The number of esters is 1. The maximum Gasteiger partial charge on any atom is 0.306 e. The summed E-state index contributed by atoms with van der Waals surface area (Å²) in [6.07, 6.45) is 54.1. The van der Waals surface area contributed by atoms with Gasteiger partial charge in [0.15, 0.2) is 12.4 Å². The van der Waals surface area contributed by atoms with Crippen molar-refractivity contribution in [2.24, 2.45) is 0 Å². The lowest BCUT2D eigenvalue weighted by molar-refractivity contribution is -0.305. The Balaban J connectivity index is 2.53. The first-order valence-electron chi connectivity index (χ1n) is 34.0. The van der Waals surface area contributed by atoms with Gasteiger partial charge in [-0.25, -0.2) is 0 Å². The van der Waals surface area contributed by atoms with Crippen molar-refractivity contribution in [1.82, 2.24) is 5.32 Å². The van der Waals surface area contributed by atoms with Crippen molar-refractivity contribution in [3.8, 4) is 0 Å². The number of ether oxygens (including phenoxy) is 3. The van der Waals surface area contributed by atoms with Crippen molar-refractivity contribution >= 4 is 11.9 Å². The molecule has 1 fully saturated rings. The summed E-state index contributed by atoms with van der Waals surface area (Å²) in [4.78, 5) is 26.6. The predicted molar refractivity (Wildman–Crippen MR) is 325 cm³/mol. The van der Waals surface area contributed by atoms with Crippen molar-refractivity contribution in [2.45, 2.75) is 391 Å². The molecule has 11 nitrogen and oxygen atoms in total. The second-order valence-corrected chi connectivity index (χ2v) is 23.9. The highest BCUT2D eigenvalue weighted by molar-refractivity contribution is 5.80. The predicted octanol–water partition coefficient (Wildman–Crippen LogP) is 16.7. The van der Waals surface area contributed by atoms with Crippen LogP contribution in [0, 0.1) is 0 Å². The zero-order valence-electron chi connectivity index (χ0n) is 51.3. The first kappa shape index (κ1) is 74.4. The molecular formula is C67H129NO10. The maximum absolute atomic E-state index is 13.4. The Morgan fingerprint density at radius 3 is 1.21 bits per heavy atom. The lowest BCUT2D eigenvalue weighted by Crippen LogP contribution is -2.61. The number of aliphatic hydroxyl groups is 5. The summed E-state index contributed by atoms with van der Waals surface area (Å²) in [6, 6.07) is -1.02. The van der Waals surface area contributed by atoms with E-state index in [1.54, 1.807) is 6.08 Å². The minimum Gasteiger partial charge on any atom is -0.454 e. The molecule has 0 aromatic heterocycles. The highest BCUT2D eigenvalue weighted by atomic mass is 16.7. The third-order valence-corrected chi connectivity index (χ3v) is 16.4. The molecular weight excluding hydrogens is 979 g/mol. The largest absolute Gasteiger partial charge is 0.454 e. The highest BCUT2D eigenvalue weighted by Crippen LogP contribution is 2.26. The summed E-state index contributed by atoms with van der Waals surface area (Å²) in [5.41, 5.74) is 0. The van der Waals surface area contributed by atoms with Crippen molar-refractivity contribution in [3.63, 3.8) is 0 Å². The fourth-order valence-electron chi connectivity index (χ4n) is 11.1. The number of hydrogen-bond donors (Lipinski definition) is 6. The molecule has 1 heterocycles. The second-order valence-electron chi connectivity index (χ2n) is 23.9. The molecule has 462 valence electrons. The molecule has 0 radical (unpaired) electrons. The van der Waals surface area contributed by atoms with Gasteiger partial charge in [-0.2, -0.15) is 0 Å². The molecule has 8 unspecified atom stereocenters. The van der Waals surface area contributed by atoms with Gasteiger partial charge in [0.2, 0.25) is 5.91 Å². The van der Waals surface area contributed by atoms with Gasteiger partial charge in [0, 0.05) is 6.42 Å². The zero-order chi connectivity index (χ0) is 56.8. The Labute approximate surface area is 480 Å². The van der Waals surface area contributed by atoms with Crippen LogP contribution in [0.15, 0.2) is 12.2 Å². The molecule has 8 atom stereocenters. The summed E-state index contributed by atoms with van der Waals surface area (Å²) in [5, 5.41) is 57.0. The molecule has 1 aliphatic heterocycles. The van der Waals surface area contributed by atoms with Gasteiger partial charge in [-0.1, -0.05) is 322 Å². The number of amides is 1. The van der Waals surface area contributed by atoms with Gasteiger partial charge < -0.3 is 45.1 Å². The molecule has 6 N–H and O–H groups in total. The molecule has 1 amide bonds. The number of nitrogens with one attached hydrogen (secondary N) is 1. The Morgan fingerprint density at radius 2 is 0.833 bits per heavy atom. The van der Waals surface area contributed by atoms with Crippen molar-refractivity contribution in [2.75, 3.05) is 13.2 Å². The Bertz CT molecular complexity index is 1320. The van der Waals surface area contributed by atoms with E-state index in [9.17, 15) is 35.1 Å². The van der Waals surface area contributed by atoms with E-state index in [1.807, 2.05) is 6.08 Å². The molecule has 0 aliphatic carbocycles. The van der Waals surface area contributed by atoms with Crippen molar-refractivity contribution in [1.29, 1.82) is 0 Å². The first-order chi connectivity index (χ1) is 38.2. The van der Waals surface area contributed by atoms with E-state index in [2.05, 4.69) is 26.1 Å². The van der Waals surface area contributed by atoms with E-state index in [4.69, 9.17) is 14.2 Å². The Kier molecular flexibility index (Phi) is 53.3. The quantitative estimate of drug-likeness (QED) is 0.0195. The van der Waals surface area contributed by atoms with Crippen LogP contribution < -0.4 is 5.32 Å². The number of unbranched alkanes of at least 4 members (excludes halogenated alkanes) is 45. The summed E-state index contributed by atoms with van der Waals surface area (Å²) < 4.78 is 17.7. The SMILES string of the molecule is CCCCCCCCCCCC/C=C/C(O)C(COC1OC(CO)C(O)C(O)C1OC(=O)CCCCCCCCCCCCCCCCCCCCCCCCCCC)NC(=O)C(O)CCCCCCCCCCCCCC. The zero-order valence-corrected chi connectivity index (χ0v) is 51.3. The summed E-state index contributed by atoms with van der Waals surface area (Å²) >= 11 is 0. The molecule has 11 heteroatoms. The van der Waals surface area contributed by atoms with Crippen LogP contribution in [0.5, 0.6) is 0 Å². The minimum atomic E-state index is -1.61. The molecule has 1 saturated heterocycles. The van der Waals surface area contributed by atoms with Crippen LogP contribution in [0.2, 0.25) is 0 Å². The van der Waals surface area contributed by atoms with Gasteiger partial charge in [0.1, 0.15) is 24.4 Å². The topological polar surface area (TPSA) is 175 Å². The number of carbonyl (C=O) groups is 2. The van der Waals surface area contributed by atoms with Crippen LogP contribution in [0.1, 0.15) is 342 Å². The first-order valence-corrected chi connectivity index (χ1v) is 34.0. The Hall–Kier alpha value is -1.60. The van der Waals surface area contributed by atoms with Gasteiger partial charge in [-0.05, 0) is 25.7 Å². The van der Waals surface area contributed by atoms with Crippen LogP contribution in [-0.4, -0.2) is 99.6 Å². The fraction of sp³-hybridized carbons (Fsp3) is 0.940. The number of aliphatic hydroxyl groups excluding tert-OH is 5. The number of allylic oxidation sites excluding steroid dienone is 1. The van der Waals surface area contributed by atoms with Crippen LogP contribution >= 0.6 is 0 Å². The van der Waals surface area contributed by atoms with Crippen LogP contribution in [0.4, 0.5) is 0 Å². The Morgan fingerprint density at radius 1 is 0.487 bits per heavy atom. The molecule has 78 heavy (non-hydrogen) atoms. The second kappa shape index (κ2) is 55.9. The third-order valence-electron chi connectivity index (χ3n) is 16.4. The van der Waals surface area contributed by atoms with Crippen LogP contribution in [0.25, 0.3) is 0 Å². The normalized spacial score (nSPS) is 18.9. The summed E-state index contributed by atoms with van der Waals surface area (Å²) in [7, 11) is 0. The third kappa shape index (κ3) is 43.1. The summed E-state index contributed by atoms with van der Waals surface area (Å²) in [5.74, 6) is -1.17. The van der Waals surface area contributed by atoms with Crippen LogP contribution in [0.3, 0.4) is 0 Å². The van der Waals surface area contributed by atoms with E-state index in [-0.39, 0.29) is 13.0 Å². The molecule has 1 rings (SSSR count). The van der Waals surface area contributed by atoms with E-state index >= 15 is 0 Å². The molecule has 1 aliphatic rings. The molecule has 0 spiro atoms. The number of carbonyl (C=O) groups excluding carboxylic acids is 2. The van der Waals surface area contributed by atoms with Crippen LogP contribution in [-0.2, 0) is 23.8 Å². The van der Waals surface area contributed by atoms with E-state index in [0.29, 0.717) is 19.3 Å². The molecule has 0 bridgehead atoms. The van der Waals surface area contributed by atoms with Crippen molar-refractivity contribution in [3.05, 3.63) is 12.2 Å². The monoisotopic (exact) mass is 1110 g/mol. The van der Waals surface area contributed by atoms with Gasteiger partial charge >= 0.3 is 5.97 Å². The molecule has 0 aromatic rings. The van der Waals surface area contributed by atoms with E-state index < -0.39 is 67.4 Å². The van der Waals surface area contributed by atoms with E-state index in [0.717, 1.165) is 57.8 Å². The van der Waals surface area contributed by atoms with Gasteiger partial charge in [0.05, 0.1) is 25.4 Å². The fourth-order valence-corrected chi connectivity index (χ4v) is 11.1. The smallest absolute Gasteiger partial charge is 0.306 e. The maximum atomic E-state index is 13.4. The lowest BCUT2D eigenvalue weighted by atomic mass is 9.99. The lowest BCUT2D eigenvalue weighted by Gasteiger charge is -2.41. The summed E-state index contributed by atoms with van der Waals surface area (Å²) in [6.45, 7) is 5.83. The van der Waals surface area contributed by atoms with E-state index in [1.165, 1.54) is 238 Å². The average Bonchev–Trinajstić information content (AvgIpc) is 3.44. The standard InChI is InChI=1S/C67H129NO10/c1-4-7-10-13-16-19-22-25-26-27-28-29-30-31-32-33-34-35-36-37-40-43-46-49-52-55-62(72)78-65-64(74)63(73)61(56-69)77-67(65)76-57-58(59(70)53-50-47-44-41-38-23-20-17-14-11-8-5-2)68-66(75)60(71)54-51-48-45-42-39-24-21-18-15-12-9-6-3/h50,53,58-61,63-65,67,69-71,73-74H,4-49,51-52,54-57H2,1-3H3,(H,68,75)/b53-50+. The number of hydrogen-bond acceptors (Lipinski definition) is 10. The van der Waals surface area contributed by atoms with Gasteiger partial charge in [-0.3, -0.25) is 9.59 Å². The van der Waals surface area contributed by atoms with Gasteiger partial charge in [0.25, 0.3) is 0 Å². The average molecular weight is 1110 g/mol. The molecule has 0 saturated carbocycles. The van der Waals surface area contributed by atoms with Crippen molar-refractivity contribution < 1.29 is 49.3 Å². The minimum absolute atomic E-state index is 0.132. The molecule has 0 aromatic carbocycles. The number of rotatable bonds is 59. The highest BCUT2D eigenvalue weighted by Gasteiger charge is 2.47.